The minimum absolute atomic E-state index is 0.0602. The lowest BCUT2D eigenvalue weighted by atomic mass is 10.3. The number of hydrogen-bond donors (Lipinski definition) is 1. The lowest BCUT2D eigenvalue weighted by molar-refractivity contribution is -0.134. The molecule has 0 saturated carbocycles. The van der Waals surface area contributed by atoms with Gasteiger partial charge >= 0.3 is 12.1 Å². The molecule has 2 heterocycles. The molecule has 2 nitrogen and oxygen atoms in total. The van der Waals surface area contributed by atoms with Gasteiger partial charge in [-0.15, -0.1) is 22.7 Å². The van der Waals surface area contributed by atoms with Crippen LogP contribution in [0.3, 0.4) is 0 Å². The minimum atomic E-state index is -4.35. The van der Waals surface area contributed by atoms with E-state index in [0.717, 1.165) is 17.4 Å². The van der Waals surface area contributed by atoms with E-state index in [1.54, 1.807) is 0 Å². The largest absolute Gasteiger partial charge is 0.477 e. The third kappa shape index (κ3) is 1.84. The van der Waals surface area contributed by atoms with Gasteiger partial charge in [-0.3, -0.25) is 0 Å². The summed E-state index contributed by atoms with van der Waals surface area (Å²) in [6, 6.07) is 2.23. The lowest BCUT2D eigenvalue weighted by Crippen LogP contribution is -2.00. The van der Waals surface area contributed by atoms with Crippen molar-refractivity contribution in [2.75, 3.05) is 0 Å². The van der Waals surface area contributed by atoms with E-state index in [4.69, 9.17) is 5.11 Å². The molecule has 0 atom stereocenters. The van der Waals surface area contributed by atoms with Crippen molar-refractivity contribution in [2.45, 2.75) is 6.18 Å². The summed E-state index contributed by atoms with van der Waals surface area (Å²) in [6.45, 7) is 0. The SMILES string of the molecule is O=C(O)c1cc2cc(C(F)(F)F)sc2s1. The molecule has 2 rings (SSSR count). The van der Waals surface area contributed by atoms with Gasteiger partial charge in [-0.05, 0) is 12.1 Å². The lowest BCUT2D eigenvalue weighted by Gasteiger charge is -1.99. The van der Waals surface area contributed by atoms with E-state index in [-0.39, 0.29) is 4.88 Å². The second kappa shape index (κ2) is 3.21. The van der Waals surface area contributed by atoms with Crippen LogP contribution in [-0.2, 0) is 6.18 Å². The molecule has 0 aromatic carbocycles. The molecule has 80 valence electrons. The van der Waals surface area contributed by atoms with Crippen molar-refractivity contribution in [3.05, 3.63) is 21.9 Å². The molecule has 0 aliphatic rings. The van der Waals surface area contributed by atoms with Crippen LogP contribution in [0.4, 0.5) is 13.2 Å². The molecule has 2 aromatic heterocycles. The number of carbonyl (C=O) groups is 1. The maximum Gasteiger partial charge on any atom is 0.425 e. The van der Waals surface area contributed by atoms with Crippen molar-refractivity contribution in [3.8, 4) is 0 Å². The zero-order valence-corrected chi connectivity index (χ0v) is 8.59. The highest BCUT2D eigenvalue weighted by Gasteiger charge is 2.33. The summed E-state index contributed by atoms with van der Waals surface area (Å²) >= 11 is 1.43. The normalized spacial score (nSPS) is 12.2. The highest BCUT2D eigenvalue weighted by atomic mass is 32.2. The molecule has 0 amide bonds. The first-order chi connectivity index (χ1) is 6.88. The number of hydrogen-bond acceptors (Lipinski definition) is 3. The molecule has 0 bridgehead atoms. The zero-order valence-electron chi connectivity index (χ0n) is 6.96. The Bertz CT molecular complexity index is 492. The fourth-order valence-corrected chi connectivity index (χ4v) is 3.24. The van der Waals surface area contributed by atoms with Gasteiger partial charge in [0.1, 0.15) is 9.75 Å². The molecule has 0 fully saturated rings. The predicted molar refractivity (Wildman–Crippen MR) is 51.7 cm³/mol. The Balaban J connectivity index is 2.52. The van der Waals surface area contributed by atoms with Gasteiger partial charge < -0.3 is 5.11 Å². The molecule has 0 aliphatic carbocycles. The van der Waals surface area contributed by atoms with Gasteiger partial charge in [0.25, 0.3) is 0 Å². The van der Waals surface area contributed by atoms with E-state index in [2.05, 4.69) is 0 Å². The van der Waals surface area contributed by atoms with E-state index >= 15 is 0 Å². The molecule has 0 saturated heterocycles. The average molecular weight is 252 g/mol. The number of carboxylic acid groups (broad SMARTS) is 1. The van der Waals surface area contributed by atoms with Crippen molar-refractivity contribution in [1.29, 1.82) is 0 Å². The second-order valence-corrected chi connectivity index (χ2v) is 5.13. The van der Waals surface area contributed by atoms with Crippen LogP contribution in [0.1, 0.15) is 14.5 Å². The van der Waals surface area contributed by atoms with Crippen LogP contribution >= 0.6 is 22.7 Å². The average Bonchev–Trinajstić information content (AvgIpc) is 2.55. The number of aromatic carboxylic acids is 1. The first-order valence-electron chi connectivity index (χ1n) is 3.72. The number of fused-ring (bicyclic) bond motifs is 1. The van der Waals surface area contributed by atoms with Crippen LogP contribution in [0, 0.1) is 0 Å². The summed E-state index contributed by atoms with van der Waals surface area (Å²) in [5, 5.41) is 8.97. The summed E-state index contributed by atoms with van der Waals surface area (Å²) in [5.41, 5.74) is 0. The van der Waals surface area contributed by atoms with Gasteiger partial charge in [0.2, 0.25) is 0 Å². The third-order valence-electron chi connectivity index (χ3n) is 1.70. The Labute approximate surface area is 89.6 Å². The summed E-state index contributed by atoms with van der Waals surface area (Å²) in [6.07, 6.45) is -4.35. The first kappa shape index (κ1) is 10.4. The smallest absolute Gasteiger partial charge is 0.425 e. The Hall–Kier alpha value is -1.08. The minimum Gasteiger partial charge on any atom is -0.477 e. The van der Waals surface area contributed by atoms with E-state index in [1.165, 1.54) is 6.07 Å². The number of halogens is 3. The van der Waals surface area contributed by atoms with Crippen molar-refractivity contribution >= 4 is 38.0 Å². The van der Waals surface area contributed by atoms with Gasteiger partial charge in [0, 0.05) is 5.39 Å². The van der Waals surface area contributed by atoms with Gasteiger partial charge in [0.15, 0.2) is 0 Å². The molecule has 0 radical (unpaired) electrons. The highest BCUT2D eigenvalue weighted by Crippen LogP contribution is 2.41. The molecule has 0 unspecified atom stereocenters. The zero-order chi connectivity index (χ0) is 11.2. The molecular formula is C8H3F3O2S2. The summed E-state index contributed by atoms with van der Waals surface area (Å²) in [5.74, 6) is -1.11. The van der Waals surface area contributed by atoms with Gasteiger partial charge in [-0.2, -0.15) is 13.2 Å². The standard InChI is InChI=1S/C8H3F3O2S2/c9-8(10,11)5-2-3-1-4(6(12)13)14-7(3)15-5/h1-2H,(H,12,13). The molecule has 0 spiro atoms. The molecule has 15 heavy (non-hydrogen) atoms. The topological polar surface area (TPSA) is 37.3 Å². The van der Waals surface area contributed by atoms with Crippen LogP contribution in [-0.4, -0.2) is 11.1 Å². The van der Waals surface area contributed by atoms with Crippen LogP contribution in [0.5, 0.6) is 0 Å². The van der Waals surface area contributed by atoms with E-state index in [1.807, 2.05) is 0 Å². The Kier molecular flexibility index (Phi) is 2.23. The fraction of sp³-hybridized carbons (Fsp3) is 0.125. The van der Waals surface area contributed by atoms with Crippen LogP contribution < -0.4 is 0 Å². The molecule has 0 aliphatic heterocycles. The second-order valence-electron chi connectivity index (χ2n) is 2.77. The van der Waals surface area contributed by atoms with E-state index in [9.17, 15) is 18.0 Å². The summed E-state index contributed by atoms with van der Waals surface area (Å²) in [4.78, 5) is 9.91. The first-order valence-corrected chi connectivity index (χ1v) is 5.35. The highest BCUT2D eigenvalue weighted by molar-refractivity contribution is 7.39. The van der Waals surface area contributed by atoms with Crippen molar-refractivity contribution in [3.63, 3.8) is 0 Å². The van der Waals surface area contributed by atoms with Crippen LogP contribution in [0.25, 0.3) is 9.40 Å². The van der Waals surface area contributed by atoms with E-state index < -0.39 is 17.0 Å². The Morgan fingerprint density at radius 1 is 1.27 bits per heavy atom. The Morgan fingerprint density at radius 3 is 2.40 bits per heavy atom. The van der Waals surface area contributed by atoms with Crippen LogP contribution in [0.15, 0.2) is 12.1 Å². The maximum absolute atomic E-state index is 12.3. The summed E-state index contributed by atoms with van der Waals surface area (Å²) < 4.78 is 37.2. The number of rotatable bonds is 1. The Morgan fingerprint density at radius 2 is 1.93 bits per heavy atom. The molecule has 2 aromatic rings. The number of carboxylic acids is 1. The van der Waals surface area contributed by atoms with Crippen LogP contribution in [0.2, 0.25) is 0 Å². The van der Waals surface area contributed by atoms with Crippen molar-refractivity contribution in [2.24, 2.45) is 0 Å². The molecule has 1 N–H and O–H groups in total. The van der Waals surface area contributed by atoms with Gasteiger partial charge in [-0.1, -0.05) is 0 Å². The quantitative estimate of drug-likeness (QED) is 0.840. The van der Waals surface area contributed by atoms with Gasteiger partial charge in [-0.25, -0.2) is 4.79 Å². The molecule has 7 heteroatoms. The number of thiophene rings is 2. The summed E-state index contributed by atoms with van der Waals surface area (Å²) in [7, 11) is 0. The van der Waals surface area contributed by atoms with E-state index in [0.29, 0.717) is 20.7 Å². The van der Waals surface area contributed by atoms with Gasteiger partial charge in [0.05, 0.1) is 4.01 Å². The predicted octanol–water partition coefficient (Wildman–Crippen LogP) is 3.68. The fourth-order valence-electron chi connectivity index (χ4n) is 1.08. The van der Waals surface area contributed by atoms with Crippen molar-refractivity contribution in [1.82, 2.24) is 0 Å². The monoisotopic (exact) mass is 252 g/mol. The molecular weight excluding hydrogens is 249 g/mol. The third-order valence-corrected chi connectivity index (χ3v) is 4.13. The maximum atomic E-state index is 12.3. The van der Waals surface area contributed by atoms with Crippen molar-refractivity contribution < 1.29 is 23.1 Å². The number of alkyl halides is 3.